The van der Waals surface area contributed by atoms with E-state index in [0.717, 1.165) is 31.6 Å². The van der Waals surface area contributed by atoms with E-state index in [9.17, 15) is 8.78 Å². The van der Waals surface area contributed by atoms with Crippen molar-refractivity contribution in [2.24, 2.45) is 11.8 Å². The van der Waals surface area contributed by atoms with Gasteiger partial charge < -0.3 is 9.84 Å². The molecule has 172 valence electrons. The molecule has 2 aromatic carbocycles. The molecular weight excluding hydrogens is 509 g/mol. The third-order valence-electron chi connectivity index (χ3n) is 5.75. The zero-order chi connectivity index (χ0) is 22.6. The Morgan fingerprint density at radius 1 is 0.806 bits per heavy atom. The zero-order valence-corrected chi connectivity index (χ0v) is 20.7. The molecule has 0 bridgehead atoms. The van der Waals surface area contributed by atoms with Crippen LogP contribution in [-0.4, -0.2) is 17.3 Å². The maximum atomic E-state index is 13.3. The van der Waals surface area contributed by atoms with Crippen molar-refractivity contribution in [3.8, 4) is 5.75 Å². The molecule has 2 aromatic rings. The Morgan fingerprint density at radius 3 is 1.87 bits per heavy atom. The topological polar surface area (TPSA) is 29.5 Å². The molecule has 0 aromatic heterocycles. The number of aliphatic hydroxyl groups excluding tert-OH is 1. The van der Waals surface area contributed by atoms with E-state index in [1.165, 1.54) is 37.8 Å². The van der Waals surface area contributed by atoms with Gasteiger partial charge in [-0.05, 0) is 90.8 Å². The summed E-state index contributed by atoms with van der Waals surface area (Å²) in [7, 11) is 0. The van der Waals surface area contributed by atoms with E-state index >= 15 is 0 Å². The molecule has 1 N–H and O–H groups in total. The van der Waals surface area contributed by atoms with Crippen LogP contribution in [0, 0.1) is 27.0 Å². The van der Waals surface area contributed by atoms with Gasteiger partial charge in [-0.25, -0.2) is 8.78 Å². The van der Waals surface area contributed by atoms with Crippen LogP contribution in [0.25, 0.3) is 0 Å². The number of ether oxygens (including phenoxy) is 1. The van der Waals surface area contributed by atoms with Crippen LogP contribution < -0.4 is 4.74 Å². The highest BCUT2D eigenvalue weighted by Crippen LogP contribution is 2.28. The van der Waals surface area contributed by atoms with Crippen molar-refractivity contribution in [1.82, 2.24) is 0 Å². The quantitative estimate of drug-likeness (QED) is 0.392. The summed E-state index contributed by atoms with van der Waals surface area (Å²) in [6.07, 6.45) is 9.39. The molecule has 2 nitrogen and oxygen atoms in total. The van der Waals surface area contributed by atoms with Crippen LogP contribution in [0.2, 0.25) is 0 Å². The molecule has 0 radical (unpaired) electrons. The van der Waals surface area contributed by atoms with E-state index in [1.807, 2.05) is 34.7 Å². The third-order valence-corrected chi connectivity index (χ3v) is 6.63. The molecule has 0 heterocycles. The zero-order valence-electron chi connectivity index (χ0n) is 18.6. The number of aliphatic hydroxyl groups is 1. The van der Waals surface area contributed by atoms with E-state index in [-0.39, 0.29) is 23.8 Å². The first-order chi connectivity index (χ1) is 14.8. The monoisotopic (exact) mass is 544 g/mol. The molecule has 5 heteroatoms. The Balaban J connectivity index is 0.000000181. The van der Waals surface area contributed by atoms with Crippen molar-refractivity contribution in [3.63, 3.8) is 0 Å². The molecule has 0 saturated heterocycles. The minimum Gasteiger partial charge on any atom is -0.487 e. The molecule has 2 aliphatic rings. The second-order valence-corrected chi connectivity index (χ2v) is 9.94. The minimum atomic E-state index is -0.254. The number of para-hydroxylation sites is 1. The first-order valence-corrected chi connectivity index (χ1v) is 12.4. The van der Waals surface area contributed by atoms with Gasteiger partial charge in [0.05, 0.1) is 12.2 Å². The average molecular weight is 544 g/mol. The van der Waals surface area contributed by atoms with Crippen molar-refractivity contribution in [2.45, 2.75) is 77.4 Å². The summed E-state index contributed by atoms with van der Waals surface area (Å²) in [5, 5.41) is 9.08. The predicted molar refractivity (Wildman–Crippen MR) is 131 cm³/mol. The van der Waals surface area contributed by atoms with Crippen molar-refractivity contribution in [1.29, 1.82) is 0 Å². The molecule has 0 spiro atoms. The number of hydrogen-bond acceptors (Lipinski definition) is 2. The summed E-state index contributed by atoms with van der Waals surface area (Å²) in [6.45, 7) is 4.44. The summed E-state index contributed by atoms with van der Waals surface area (Å²) in [6, 6.07) is 13.3. The fourth-order valence-corrected chi connectivity index (χ4v) is 4.43. The lowest BCUT2D eigenvalue weighted by molar-refractivity contribution is 0.106. The Hall–Kier alpha value is -1.21. The fraction of sp³-hybridized carbons (Fsp3) is 0.538. The van der Waals surface area contributed by atoms with Gasteiger partial charge in [0.15, 0.2) is 11.6 Å². The van der Waals surface area contributed by atoms with E-state index in [4.69, 9.17) is 9.84 Å². The Labute approximate surface area is 199 Å². The van der Waals surface area contributed by atoms with Gasteiger partial charge in [0.1, 0.15) is 5.82 Å². The molecule has 0 amide bonds. The van der Waals surface area contributed by atoms with Crippen LogP contribution in [0.1, 0.15) is 65.2 Å². The number of hydrogen-bond donors (Lipinski definition) is 1. The first-order valence-electron chi connectivity index (χ1n) is 11.3. The number of rotatable bonds is 2. The Bertz CT molecular complexity index is 742. The van der Waals surface area contributed by atoms with Crippen LogP contribution in [0.5, 0.6) is 5.75 Å². The third kappa shape index (κ3) is 10.3. The van der Waals surface area contributed by atoms with Crippen molar-refractivity contribution >= 4 is 22.6 Å². The molecule has 4 unspecified atom stereocenters. The average Bonchev–Trinajstić information content (AvgIpc) is 2.73. The van der Waals surface area contributed by atoms with Crippen molar-refractivity contribution in [2.75, 3.05) is 0 Å². The van der Waals surface area contributed by atoms with Gasteiger partial charge >= 0.3 is 0 Å². The smallest absolute Gasteiger partial charge is 0.165 e. The predicted octanol–water partition coefficient (Wildman–Crippen LogP) is 7.77. The van der Waals surface area contributed by atoms with E-state index < -0.39 is 0 Å². The van der Waals surface area contributed by atoms with Gasteiger partial charge in [-0.2, -0.15) is 0 Å². The van der Waals surface area contributed by atoms with E-state index in [2.05, 4.69) is 13.8 Å². The van der Waals surface area contributed by atoms with Crippen LogP contribution >= 0.6 is 22.6 Å². The van der Waals surface area contributed by atoms with Gasteiger partial charge in [0.25, 0.3) is 0 Å². The highest BCUT2D eigenvalue weighted by atomic mass is 127. The van der Waals surface area contributed by atoms with Crippen molar-refractivity contribution < 1.29 is 18.6 Å². The lowest BCUT2D eigenvalue weighted by atomic mass is 9.89. The highest BCUT2D eigenvalue weighted by molar-refractivity contribution is 14.1. The maximum Gasteiger partial charge on any atom is 0.165 e. The lowest BCUT2D eigenvalue weighted by Gasteiger charge is -2.27. The van der Waals surface area contributed by atoms with Gasteiger partial charge in [0, 0.05) is 3.57 Å². The molecule has 4 atom stereocenters. The van der Waals surface area contributed by atoms with Gasteiger partial charge in [-0.3, -0.25) is 0 Å². The summed E-state index contributed by atoms with van der Waals surface area (Å²) in [5.74, 6) is 1.47. The normalized spacial score (nSPS) is 25.4. The van der Waals surface area contributed by atoms with Gasteiger partial charge in [-0.1, -0.05) is 57.4 Å². The summed E-state index contributed by atoms with van der Waals surface area (Å²) >= 11 is 1.95. The molecular formula is C26H35F2IO2. The second-order valence-electron chi connectivity index (χ2n) is 8.78. The number of benzene rings is 2. The van der Waals surface area contributed by atoms with Crippen molar-refractivity contribution in [3.05, 3.63) is 63.7 Å². The fourth-order valence-electron chi connectivity index (χ4n) is 4.05. The highest BCUT2D eigenvalue weighted by Gasteiger charge is 2.21. The maximum absolute atomic E-state index is 13.3. The SMILES string of the molecule is CC1CCCC(O)C1.CC1CCCC(Oc2ccccc2F)C1.Fc1ccccc1I. The molecule has 2 saturated carbocycles. The minimum absolute atomic E-state index is 0.0127. The molecule has 2 fully saturated rings. The Kier molecular flexibility index (Phi) is 11.8. The Morgan fingerprint density at radius 2 is 1.39 bits per heavy atom. The lowest BCUT2D eigenvalue weighted by Crippen LogP contribution is -2.24. The van der Waals surface area contributed by atoms with Gasteiger partial charge in [-0.15, -0.1) is 0 Å². The standard InChI is InChI=1S/C13H17FO.C7H14O.C6H4FI/c1-10-5-4-6-11(9-10)15-13-8-3-2-7-12(13)14;1-6-3-2-4-7(8)5-6;7-5-3-1-2-4-6(5)8/h2-3,7-8,10-11H,4-6,9H2,1H3;6-8H,2-5H2,1H3;1-4H. The molecule has 4 rings (SSSR count). The second kappa shape index (κ2) is 14.0. The first kappa shape index (κ1) is 26.0. The van der Waals surface area contributed by atoms with Crippen LogP contribution in [0.15, 0.2) is 48.5 Å². The van der Waals surface area contributed by atoms with E-state index in [1.54, 1.807) is 24.3 Å². The summed E-state index contributed by atoms with van der Waals surface area (Å²) < 4.78 is 32.0. The molecule has 0 aliphatic heterocycles. The summed E-state index contributed by atoms with van der Waals surface area (Å²) in [5.41, 5.74) is 0. The van der Waals surface area contributed by atoms with Crippen LogP contribution in [0.4, 0.5) is 8.78 Å². The van der Waals surface area contributed by atoms with Gasteiger partial charge in [0.2, 0.25) is 0 Å². The van der Waals surface area contributed by atoms with Crippen LogP contribution in [0.3, 0.4) is 0 Å². The molecule has 31 heavy (non-hydrogen) atoms. The van der Waals surface area contributed by atoms with E-state index in [0.29, 0.717) is 15.2 Å². The number of halogens is 3. The van der Waals surface area contributed by atoms with Crippen LogP contribution in [-0.2, 0) is 0 Å². The summed E-state index contributed by atoms with van der Waals surface area (Å²) in [4.78, 5) is 0. The largest absolute Gasteiger partial charge is 0.487 e. The molecule has 2 aliphatic carbocycles.